The molecule has 2 rings (SSSR count). The summed E-state index contributed by atoms with van der Waals surface area (Å²) in [5, 5.41) is 6.50. The van der Waals surface area contributed by atoms with Crippen LogP contribution in [-0.2, 0) is 21.3 Å². The van der Waals surface area contributed by atoms with Crippen LogP contribution in [0.1, 0.15) is 51.0 Å². The van der Waals surface area contributed by atoms with Crippen LogP contribution in [0.3, 0.4) is 0 Å². The Morgan fingerprint density at radius 2 is 1.83 bits per heavy atom. The lowest BCUT2D eigenvalue weighted by Gasteiger charge is -2.17. The van der Waals surface area contributed by atoms with Gasteiger partial charge in [-0.1, -0.05) is 43.9 Å². The summed E-state index contributed by atoms with van der Waals surface area (Å²) in [5.74, 6) is 0.695. The fraction of sp³-hybridized carbons (Fsp3) is 0.650. The van der Waals surface area contributed by atoms with E-state index in [1.165, 1.54) is 25.7 Å². The molecule has 1 aromatic carbocycles. The van der Waals surface area contributed by atoms with Crippen LogP contribution in [-0.4, -0.2) is 46.4 Å². The fourth-order valence-electron chi connectivity index (χ4n) is 3.27. The number of para-hydroxylation sites is 1. The molecule has 0 radical (unpaired) electrons. The lowest BCUT2D eigenvalue weighted by molar-refractivity contribution is 0.0468. The number of halogens is 1. The molecule has 0 aliphatic heterocycles. The molecule has 1 aliphatic carbocycles. The molecule has 1 fully saturated rings. The van der Waals surface area contributed by atoms with E-state index in [2.05, 4.69) is 20.3 Å². The SMILES string of the molecule is CCNC(=NCc1ccccc1NS(C)(=O)=O)NCCOC1CCCCCC1.I. The Hall–Kier alpha value is -1.07. The van der Waals surface area contributed by atoms with Crippen LogP contribution < -0.4 is 15.4 Å². The van der Waals surface area contributed by atoms with Gasteiger partial charge in [0.15, 0.2) is 5.96 Å². The summed E-state index contributed by atoms with van der Waals surface area (Å²) in [6.45, 7) is 4.47. The summed E-state index contributed by atoms with van der Waals surface area (Å²) >= 11 is 0. The maximum absolute atomic E-state index is 11.5. The summed E-state index contributed by atoms with van der Waals surface area (Å²) in [6, 6.07) is 7.29. The average Bonchev–Trinajstić information content (AvgIpc) is 2.92. The van der Waals surface area contributed by atoms with Crippen molar-refractivity contribution in [3.05, 3.63) is 29.8 Å². The lowest BCUT2D eigenvalue weighted by Crippen LogP contribution is -2.39. The van der Waals surface area contributed by atoms with Crippen LogP contribution in [0, 0.1) is 0 Å². The monoisotopic (exact) mass is 538 g/mol. The Balaban J connectivity index is 0.00000420. The number of ether oxygens (including phenoxy) is 1. The highest BCUT2D eigenvalue weighted by molar-refractivity contribution is 14.0. The molecular formula is C20H35IN4O3S. The largest absolute Gasteiger partial charge is 0.376 e. The molecule has 1 aromatic rings. The first-order valence-corrected chi connectivity index (χ1v) is 12.1. The molecule has 0 atom stereocenters. The normalized spacial score (nSPS) is 15.9. The highest BCUT2D eigenvalue weighted by Gasteiger charge is 2.12. The average molecular weight is 538 g/mol. The minimum atomic E-state index is -3.33. The summed E-state index contributed by atoms with van der Waals surface area (Å²) in [7, 11) is -3.33. The van der Waals surface area contributed by atoms with Crippen molar-refractivity contribution in [2.45, 2.75) is 58.1 Å². The van der Waals surface area contributed by atoms with E-state index >= 15 is 0 Å². The van der Waals surface area contributed by atoms with Gasteiger partial charge in [0.25, 0.3) is 0 Å². The van der Waals surface area contributed by atoms with Crippen LogP contribution >= 0.6 is 24.0 Å². The van der Waals surface area contributed by atoms with Crippen molar-refractivity contribution in [1.29, 1.82) is 0 Å². The van der Waals surface area contributed by atoms with Gasteiger partial charge in [-0.2, -0.15) is 0 Å². The third-order valence-electron chi connectivity index (χ3n) is 4.61. The van der Waals surface area contributed by atoms with Crippen molar-refractivity contribution in [3.63, 3.8) is 0 Å². The van der Waals surface area contributed by atoms with Gasteiger partial charge >= 0.3 is 0 Å². The van der Waals surface area contributed by atoms with Gasteiger partial charge in [-0.3, -0.25) is 4.72 Å². The number of nitrogens with one attached hydrogen (secondary N) is 3. The molecule has 0 aromatic heterocycles. The maximum atomic E-state index is 11.5. The quantitative estimate of drug-likeness (QED) is 0.147. The van der Waals surface area contributed by atoms with E-state index in [9.17, 15) is 8.42 Å². The van der Waals surface area contributed by atoms with Gasteiger partial charge in [-0.15, -0.1) is 24.0 Å². The van der Waals surface area contributed by atoms with Crippen LogP contribution in [0.4, 0.5) is 5.69 Å². The minimum Gasteiger partial charge on any atom is -0.376 e. The Kier molecular flexibility index (Phi) is 12.6. The molecule has 29 heavy (non-hydrogen) atoms. The number of nitrogens with zero attached hydrogens (tertiary/aromatic N) is 1. The van der Waals surface area contributed by atoms with Crippen molar-refractivity contribution in [1.82, 2.24) is 10.6 Å². The van der Waals surface area contributed by atoms with Crippen molar-refractivity contribution in [2.24, 2.45) is 4.99 Å². The van der Waals surface area contributed by atoms with Gasteiger partial charge in [0.05, 0.1) is 31.2 Å². The van der Waals surface area contributed by atoms with Gasteiger partial charge in [0.2, 0.25) is 10.0 Å². The Morgan fingerprint density at radius 1 is 1.14 bits per heavy atom. The van der Waals surface area contributed by atoms with E-state index in [4.69, 9.17) is 4.74 Å². The van der Waals surface area contributed by atoms with Crippen molar-refractivity contribution < 1.29 is 13.2 Å². The van der Waals surface area contributed by atoms with E-state index < -0.39 is 10.0 Å². The highest BCUT2D eigenvalue weighted by atomic mass is 127. The third kappa shape index (κ3) is 11.0. The molecule has 3 N–H and O–H groups in total. The minimum absolute atomic E-state index is 0. The Morgan fingerprint density at radius 3 is 2.48 bits per heavy atom. The molecule has 0 amide bonds. The first kappa shape index (κ1) is 26.0. The van der Waals surface area contributed by atoms with Gasteiger partial charge in [-0.25, -0.2) is 13.4 Å². The van der Waals surface area contributed by atoms with E-state index in [0.29, 0.717) is 37.4 Å². The van der Waals surface area contributed by atoms with Gasteiger partial charge < -0.3 is 15.4 Å². The molecule has 9 heteroatoms. The smallest absolute Gasteiger partial charge is 0.229 e. The van der Waals surface area contributed by atoms with Crippen LogP contribution in [0.25, 0.3) is 0 Å². The van der Waals surface area contributed by atoms with Gasteiger partial charge in [0, 0.05) is 13.1 Å². The molecule has 0 saturated heterocycles. The zero-order valence-electron chi connectivity index (χ0n) is 17.4. The number of hydrogen-bond donors (Lipinski definition) is 3. The predicted molar refractivity (Wildman–Crippen MR) is 131 cm³/mol. The van der Waals surface area contributed by atoms with Crippen LogP contribution in [0.5, 0.6) is 0 Å². The van der Waals surface area contributed by atoms with Gasteiger partial charge in [-0.05, 0) is 31.4 Å². The number of aliphatic imine (C=N–C) groups is 1. The van der Waals surface area contributed by atoms with Crippen molar-refractivity contribution >= 4 is 45.6 Å². The van der Waals surface area contributed by atoms with E-state index in [-0.39, 0.29) is 24.0 Å². The second-order valence-electron chi connectivity index (χ2n) is 7.14. The fourth-order valence-corrected chi connectivity index (χ4v) is 3.87. The first-order valence-electron chi connectivity index (χ1n) is 10.2. The van der Waals surface area contributed by atoms with Crippen molar-refractivity contribution in [2.75, 3.05) is 30.7 Å². The standard InChI is InChI=1S/C20H34N4O3S.HI/c1-3-21-20(22-14-15-27-18-11-6-4-5-7-12-18)23-16-17-10-8-9-13-19(17)24-28(2,25)26;/h8-10,13,18,24H,3-7,11-12,14-16H2,1-2H3,(H2,21,22,23);1H. The molecule has 0 spiro atoms. The highest BCUT2D eigenvalue weighted by Crippen LogP contribution is 2.19. The summed E-state index contributed by atoms with van der Waals surface area (Å²) < 4.78 is 31.6. The maximum Gasteiger partial charge on any atom is 0.229 e. The van der Waals surface area contributed by atoms with E-state index in [1.54, 1.807) is 12.1 Å². The third-order valence-corrected chi connectivity index (χ3v) is 5.21. The van der Waals surface area contributed by atoms with Crippen molar-refractivity contribution in [3.8, 4) is 0 Å². The summed E-state index contributed by atoms with van der Waals surface area (Å²) in [5.41, 5.74) is 1.38. The summed E-state index contributed by atoms with van der Waals surface area (Å²) in [4.78, 5) is 4.58. The second kappa shape index (κ2) is 14.0. The number of anilines is 1. The molecule has 166 valence electrons. The number of sulfonamides is 1. The molecule has 0 heterocycles. The van der Waals surface area contributed by atoms with Crippen LogP contribution in [0.2, 0.25) is 0 Å². The topological polar surface area (TPSA) is 91.8 Å². The zero-order chi connectivity index (χ0) is 20.2. The van der Waals surface area contributed by atoms with Gasteiger partial charge in [0.1, 0.15) is 0 Å². The lowest BCUT2D eigenvalue weighted by atomic mass is 10.1. The number of rotatable bonds is 9. The summed E-state index contributed by atoms with van der Waals surface area (Å²) in [6.07, 6.45) is 9.05. The zero-order valence-corrected chi connectivity index (χ0v) is 20.6. The van der Waals surface area contributed by atoms with E-state index in [0.717, 1.165) is 31.2 Å². The number of hydrogen-bond acceptors (Lipinski definition) is 4. The molecule has 1 aliphatic rings. The molecule has 0 unspecified atom stereocenters. The van der Waals surface area contributed by atoms with E-state index in [1.807, 2.05) is 19.1 Å². The first-order chi connectivity index (χ1) is 13.5. The predicted octanol–water partition coefficient (Wildman–Crippen LogP) is 3.47. The van der Waals surface area contributed by atoms with Crippen LogP contribution in [0.15, 0.2) is 29.3 Å². The molecular weight excluding hydrogens is 503 g/mol. The Labute approximate surface area is 192 Å². The number of guanidine groups is 1. The second-order valence-corrected chi connectivity index (χ2v) is 8.89. The number of benzene rings is 1. The molecule has 0 bridgehead atoms. The molecule has 7 nitrogen and oxygen atoms in total. The molecule has 1 saturated carbocycles. The Bertz CT molecular complexity index is 720.